The highest BCUT2D eigenvalue weighted by Crippen LogP contribution is 2.16. The normalized spacial score (nSPS) is 11.8. The molecule has 0 fully saturated rings. The SMILES string of the molecule is CC(C)(C)OC(=O)C(C)(C)N=C=S. The number of aliphatic imine (C=N–C) groups is 1. The van der Waals surface area contributed by atoms with E-state index >= 15 is 0 Å². The first-order chi connectivity index (χ1) is 5.69. The van der Waals surface area contributed by atoms with Crippen molar-refractivity contribution in [3.8, 4) is 0 Å². The van der Waals surface area contributed by atoms with Crippen LogP contribution in [0, 0.1) is 0 Å². The van der Waals surface area contributed by atoms with E-state index in [1.54, 1.807) is 13.8 Å². The molecule has 0 amide bonds. The lowest BCUT2D eigenvalue weighted by Crippen LogP contribution is -2.37. The zero-order valence-electron chi connectivity index (χ0n) is 8.67. The smallest absolute Gasteiger partial charge is 0.334 e. The zero-order chi connectivity index (χ0) is 10.7. The van der Waals surface area contributed by atoms with Crippen LogP contribution in [0.2, 0.25) is 0 Å². The second kappa shape index (κ2) is 3.99. The topological polar surface area (TPSA) is 38.7 Å². The molecule has 0 aliphatic rings. The molecule has 0 saturated carbocycles. The summed E-state index contributed by atoms with van der Waals surface area (Å²) in [5.74, 6) is -0.391. The predicted molar refractivity (Wildman–Crippen MR) is 55.0 cm³/mol. The molecule has 0 aliphatic heterocycles. The van der Waals surface area contributed by atoms with Crippen LogP contribution in [0.5, 0.6) is 0 Å². The number of isothiocyanates is 1. The standard InChI is InChI=1S/C9H15NO2S/c1-8(2,3)12-7(11)9(4,5)10-6-13/h1-5H3. The van der Waals surface area contributed by atoms with Crippen LogP contribution in [-0.4, -0.2) is 22.3 Å². The van der Waals surface area contributed by atoms with Crippen LogP contribution in [0.3, 0.4) is 0 Å². The molecule has 0 radical (unpaired) electrons. The summed E-state index contributed by atoms with van der Waals surface area (Å²) in [4.78, 5) is 15.2. The number of esters is 1. The molecular formula is C9H15NO2S. The molecule has 13 heavy (non-hydrogen) atoms. The Morgan fingerprint density at radius 1 is 1.31 bits per heavy atom. The summed E-state index contributed by atoms with van der Waals surface area (Å²) in [5.41, 5.74) is -1.43. The van der Waals surface area contributed by atoms with Gasteiger partial charge < -0.3 is 4.74 Å². The Balaban J connectivity index is 4.52. The van der Waals surface area contributed by atoms with Crippen LogP contribution < -0.4 is 0 Å². The van der Waals surface area contributed by atoms with Crippen molar-refractivity contribution in [2.24, 2.45) is 4.99 Å². The molecule has 0 aromatic carbocycles. The molecule has 0 unspecified atom stereocenters. The third-order valence-corrected chi connectivity index (χ3v) is 1.31. The minimum atomic E-state index is -0.935. The number of carbonyl (C=O) groups excluding carboxylic acids is 1. The van der Waals surface area contributed by atoms with Gasteiger partial charge in [-0.1, -0.05) is 0 Å². The highest BCUT2D eigenvalue weighted by Gasteiger charge is 2.31. The van der Waals surface area contributed by atoms with E-state index in [4.69, 9.17) is 4.74 Å². The van der Waals surface area contributed by atoms with E-state index in [1.165, 1.54) is 0 Å². The molecule has 0 heterocycles. The van der Waals surface area contributed by atoms with E-state index in [0.29, 0.717) is 0 Å². The van der Waals surface area contributed by atoms with E-state index in [0.717, 1.165) is 0 Å². The lowest BCUT2D eigenvalue weighted by atomic mass is 10.1. The summed E-state index contributed by atoms with van der Waals surface area (Å²) in [7, 11) is 0. The monoisotopic (exact) mass is 201 g/mol. The third kappa shape index (κ3) is 4.76. The van der Waals surface area contributed by atoms with Gasteiger partial charge in [0.15, 0.2) is 5.54 Å². The molecule has 4 heteroatoms. The number of rotatable bonds is 2. The minimum absolute atomic E-state index is 0.391. The third-order valence-electron chi connectivity index (χ3n) is 1.22. The molecule has 0 saturated heterocycles. The van der Waals surface area contributed by atoms with Crippen LogP contribution >= 0.6 is 12.2 Å². The van der Waals surface area contributed by atoms with E-state index in [-0.39, 0.29) is 0 Å². The fourth-order valence-electron chi connectivity index (χ4n) is 0.563. The molecule has 3 nitrogen and oxygen atoms in total. The Morgan fingerprint density at radius 2 is 1.77 bits per heavy atom. The second-order valence-electron chi connectivity index (χ2n) is 4.26. The van der Waals surface area contributed by atoms with Crippen LogP contribution in [0.25, 0.3) is 0 Å². The quantitative estimate of drug-likeness (QED) is 0.390. The van der Waals surface area contributed by atoms with Crippen molar-refractivity contribution in [2.45, 2.75) is 45.8 Å². The number of hydrogen-bond donors (Lipinski definition) is 0. The van der Waals surface area contributed by atoms with Gasteiger partial charge in [0.05, 0.1) is 5.16 Å². The maximum absolute atomic E-state index is 11.5. The van der Waals surface area contributed by atoms with E-state index < -0.39 is 17.1 Å². The van der Waals surface area contributed by atoms with E-state index in [2.05, 4.69) is 22.4 Å². The largest absolute Gasteiger partial charge is 0.458 e. The zero-order valence-corrected chi connectivity index (χ0v) is 9.49. The molecule has 0 aliphatic carbocycles. The average molecular weight is 201 g/mol. The van der Waals surface area contributed by atoms with Crippen LogP contribution in [-0.2, 0) is 9.53 Å². The van der Waals surface area contributed by atoms with E-state index in [1.807, 2.05) is 20.8 Å². The highest BCUT2D eigenvalue weighted by molar-refractivity contribution is 7.78. The fourth-order valence-corrected chi connectivity index (χ4v) is 0.791. The van der Waals surface area contributed by atoms with Crippen LogP contribution in [0.1, 0.15) is 34.6 Å². The van der Waals surface area contributed by atoms with Crippen molar-refractivity contribution in [2.75, 3.05) is 0 Å². The first kappa shape index (κ1) is 12.3. The second-order valence-corrected chi connectivity index (χ2v) is 4.45. The maximum atomic E-state index is 11.5. The van der Waals surface area contributed by atoms with Gasteiger partial charge in [-0.15, -0.1) is 0 Å². The molecule has 0 rings (SSSR count). The van der Waals surface area contributed by atoms with Crippen molar-refractivity contribution < 1.29 is 9.53 Å². The molecular weight excluding hydrogens is 186 g/mol. The summed E-state index contributed by atoms with van der Waals surface area (Å²) >= 11 is 4.44. The van der Waals surface area contributed by atoms with Gasteiger partial charge >= 0.3 is 5.97 Å². The first-order valence-electron chi connectivity index (χ1n) is 4.01. The predicted octanol–water partition coefficient (Wildman–Crippen LogP) is 2.21. The molecule has 0 aromatic rings. The van der Waals surface area contributed by atoms with Gasteiger partial charge in [0.1, 0.15) is 5.60 Å². The van der Waals surface area contributed by atoms with Crippen molar-refractivity contribution in [3.63, 3.8) is 0 Å². The van der Waals surface area contributed by atoms with Crippen molar-refractivity contribution >= 4 is 23.3 Å². The Morgan fingerprint density at radius 3 is 2.08 bits per heavy atom. The van der Waals surface area contributed by atoms with Gasteiger partial charge in [0.2, 0.25) is 0 Å². The molecule has 0 spiro atoms. The fraction of sp³-hybridized carbons (Fsp3) is 0.778. The number of nitrogens with zero attached hydrogens (tertiary/aromatic N) is 1. The highest BCUT2D eigenvalue weighted by atomic mass is 32.1. The van der Waals surface area contributed by atoms with Crippen molar-refractivity contribution in [1.29, 1.82) is 0 Å². The summed E-state index contributed by atoms with van der Waals surface area (Å²) in [6.45, 7) is 8.70. The van der Waals surface area contributed by atoms with Crippen molar-refractivity contribution in [1.82, 2.24) is 0 Å². The number of thiocarbonyl (C=S) groups is 1. The maximum Gasteiger partial charge on any atom is 0.334 e. The molecule has 0 atom stereocenters. The molecule has 0 N–H and O–H groups in total. The minimum Gasteiger partial charge on any atom is -0.458 e. The summed E-state index contributed by atoms with van der Waals surface area (Å²) in [5, 5.41) is 2.18. The van der Waals surface area contributed by atoms with E-state index in [9.17, 15) is 4.79 Å². The van der Waals surface area contributed by atoms with Crippen molar-refractivity contribution in [3.05, 3.63) is 0 Å². The Hall–Kier alpha value is -0.730. The Bertz CT molecular complexity index is 247. The first-order valence-corrected chi connectivity index (χ1v) is 4.42. The van der Waals surface area contributed by atoms with Gasteiger partial charge in [0, 0.05) is 0 Å². The van der Waals surface area contributed by atoms with Crippen LogP contribution in [0.15, 0.2) is 4.99 Å². The lowest BCUT2D eigenvalue weighted by molar-refractivity contribution is -0.160. The molecule has 74 valence electrons. The van der Waals surface area contributed by atoms with Gasteiger partial charge in [-0.05, 0) is 46.8 Å². The molecule has 0 bridgehead atoms. The summed E-state index contributed by atoms with van der Waals surface area (Å²) in [6.07, 6.45) is 0. The van der Waals surface area contributed by atoms with Gasteiger partial charge in [-0.2, -0.15) is 0 Å². The lowest BCUT2D eigenvalue weighted by Gasteiger charge is -2.24. The van der Waals surface area contributed by atoms with Gasteiger partial charge in [-0.3, -0.25) is 0 Å². The van der Waals surface area contributed by atoms with Gasteiger partial charge in [-0.25, -0.2) is 9.79 Å². The number of ether oxygens (including phenoxy) is 1. The van der Waals surface area contributed by atoms with Gasteiger partial charge in [0.25, 0.3) is 0 Å². The summed E-state index contributed by atoms with van der Waals surface area (Å²) < 4.78 is 5.14. The Labute approximate surface area is 84.2 Å². The summed E-state index contributed by atoms with van der Waals surface area (Å²) in [6, 6.07) is 0. The number of carbonyl (C=O) groups is 1. The Kier molecular flexibility index (Phi) is 3.76. The van der Waals surface area contributed by atoms with Crippen LogP contribution in [0.4, 0.5) is 0 Å². The molecule has 0 aromatic heterocycles. The average Bonchev–Trinajstić information content (AvgIpc) is 1.82. The number of hydrogen-bond acceptors (Lipinski definition) is 4.